The molecule has 24 heavy (non-hydrogen) atoms. The van der Waals surface area contributed by atoms with Gasteiger partial charge in [0, 0.05) is 7.11 Å². The third kappa shape index (κ3) is 3.80. The van der Waals surface area contributed by atoms with E-state index in [0.29, 0.717) is 12.1 Å². The summed E-state index contributed by atoms with van der Waals surface area (Å²) < 4.78 is 5.47. The number of fused-ring (bicyclic) bond motifs is 1. The largest absolute Gasteiger partial charge is 0.382 e. The summed E-state index contributed by atoms with van der Waals surface area (Å²) in [6.45, 7) is 2.98. The number of nitrogens with zero attached hydrogens (tertiary/aromatic N) is 1. The van der Waals surface area contributed by atoms with E-state index in [1.54, 1.807) is 7.11 Å². The number of anilines is 1. The average Bonchev–Trinajstić information content (AvgIpc) is 2.97. The van der Waals surface area contributed by atoms with E-state index in [1.807, 2.05) is 0 Å². The van der Waals surface area contributed by atoms with Gasteiger partial charge in [0.05, 0.1) is 24.4 Å². The monoisotopic (exact) mass is 324 g/mol. The number of benzene rings is 2. The lowest BCUT2D eigenvalue weighted by molar-refractivity contribution is 0.173. The van der Waals surface area contributed by atoms with E-state index in [4.69, 9.17) is 4.74 Å². The summed E-state index contributed by atoms with van der Waals surface area (Å²) in [5.41, 5.74) is 7.85. The number of hydrazine groups is 1. The lowest BCUT2D eigenvalue weighted by atomic mass is 10.0. The Labute approximate surface area is 145 Å². The highest BCUT2D eigenvalue weighted by atomic mass is 16.5. The number of hydrogen-bond acceptors (Lipinski definition) is 3. The van der Waals surface area contributed by atoms with Crippen LogP contribution in [0.1, 0.15) is 43.4 Å². The van der Waals surface area contributed by atoms with Crippen LogP contribution in [0.15, 0.2) is 54.6 Å². The van der Waals surface area contributed by atoms with Crippen LogP contribution in [0.3, 0.4) is 0 Å². The van der Waals surface area contributed by atoms with Gasteiger partial charge in [-0.2, -0.15) is 0 Å². The third-order valence-electron chi connectivity index (χ3n) is 4.77. The Morgan fingerprint density at radius 2 is 1.88 bits per heavy atom. The maximum absolute atomic E-state index is 5.47. The van der Waals surface area contributed by atoms with Crippen LogP contribution >= 0.6 is 0 Å². The molecule has 1 heterocycles. The molecule has 1 N–H and O–H groups in total. The number of ether oxygens (including phenoxy) is 1. The van der Waals surface area contributed by atoms with E-state index >= 15 is 0 Å². The Morgan fingerprint density at radius 3 is 2.62 bits per heavy atom. The predicted molar refractivity (Wildman–Crippen MR) is 100 cm³/mol. The van der Waals surface area contributed by atoms with Crippen LogP contribution in [-0.4, -0.2) is 19.8 Å². The fraction of sp³-hybridized carbons (Fsp3) is 0.429. The number of rotatable bonds is 8. The van der Waals surface area contributed by atoms with E-state index in [2.05, 4.69) is 72.0 Å². The second-order valence-corrected chi connectivity index (χ2v) is 6.55. The topological polar surface area (TPSA) is 24.5 Å². The first-order valence-electron chi connectivity index (χ1n) is 9.00. The van der Waals surface area contributed by atoms with Crippen molar-refractivity contribution in [3.05, 3.63) is 65.7 Å². The molecule has 1 aliphatic heterocycles. The summed E-state index contributed by atoms with van der Waals surface area (Å²) in [7, 11) is 1.78. The Hall–Kier alpha value is -1.84. The van der Waals surface area contributed by atoms with Crippen LogP contribution in [0.25, 0.3) is 0 Å². The van der Waals surface area contributed by atoms with Gasteiger partial charge >= 0.3 is 0 Å². The molecular weight excluding hydrogens is 296 g/mol. The summed E-state index contributed by atoms with van der Waals surface area (Å²) in [4.78, 5) is 0. The van der Waals surface area contributed by atoms with Crippen molar-refractivity contribution in [3.8, 4) is 0 Å². The number of nitrogens with one attached hydrogen (secondary N) is 1. The Balaban J connectivity index is 1.83. The zero-order valence-corrected chi connectivity index (χ0v) is 14.7. The van der Waals surface area contributed by atoms with Gasteiger partial charge in [-0.25, -0.2) is 5.43 Å². The lowest BCUT2D eigenvalue weighted by Crippen LogP contribution is -2.47. The molecule has 128 valence electrons. The van der Waals surface area contributed by atoms with Crippen molar-refractivity contribution >= 4 is 5.69 Å². The number of hydrogen-bond donors (Lipinski definition) is 1. The van der Waals surface area contributed by atoms with E-state index in [0.717, 1.165) is 19.4 Å². The molecular formula is C21H28N2O. The SMILES string of the molecule is CCCC[C@@H](NN1c2ccccc2C[C@H]1COC)c1ccccc1. The van der Waals surface area contributed by atoms with E-state index in [1.165, 1.54) is 29.7 Å². The summed E-state index contributed by atoms with van der Waals surface area (Å²) in [6, 6.07) is 20.1. The van der Waals surface area contributed by atoms with Crippen LogP contribution in [0.5, 0.6) is 0 Å². The summed E-state index contributed by atoms with van der Waals surface area (Å²) in [5, 5.41) is 2.34. The maximum atomic E-state index is 5.47. The molecule has 2 aromatic carbocycles. The zero-order valence-electron chi connectivity index (χ0n) is 14.7. The smallest absolute Gasteiger partial charge is 0.0729 e. The van der Waals surface area contributed by atoms with Gasteiger partial charge in [0.1, 0.15) is 0 Å². The average molecular weight is 324 g/mol. The molecule has 0 spiro atoms. The van der Waals surface area contributed by atoms with Gasteiger partial charge in [-0.05, 0) is 30.0 Å². The highest BCUT2D eigenvalue weighted by molar-refractivity contribution is 5.58. The molecule has 2 atom stereocenters. The molecule has 3 rings (SSSR count). The van der Waals surface area contributed by atoms with E-state index in [9.17, 15) is 0 Å². The first kappa shape index (κ1) is 17.0. The first-order valence-corrected chi connectivity index (χ1v) is 9.00. The van der Waals surface area contributed by atoms with Crippen molar-refractivity contribution in [2.75, 3.05) is 18.7 Å². The van der Waals surface area contributed by atoms with Crippen LogP contribution < -0.4 is 10.4 Å². The van der Waals surface area contributed by atoms with E-state index < -0.39 is 0 Å². The molecule has 0 fully saturated rings. The Bertz CT molecular complexity index is 629. The molecule has 0 aromatic heterocycles. The standard InChI is InChI=1S/C21H28N2O/c1-3-4-13-20(17-10-6-5-7-11-17)22-23-19(16-24-2)15-18-12-8-9-14-21(18)23/h5-12,14,19-20,22H,3-4,13,15-16H2,1-2H3/t19-,20+/m0/s1. The highest BCUT2D eigenvalue weighted by Gasteiger charge is 2.30. The minimum absolute atomic E-state index is 0.330. The van der Waals surface area contributed by atoms with Crippen molar-refractivity contribution in [1.29, 1.82) is 0 Å². The molecule has 3 heteroatoms. The fourth-order valence-corrected chi connectivity index (χ4v) is 3.53. The molecule has 0 unspecified atom stereocenters. The summed E-state index contributed by atoms with van der Waals surface area (Å²) in [5.74, 6) is 0. The molecule has 0 saturated heterocycles. The van der Waals surface area contributed by atoms with Crippen LogP contribution in [0.2, 0.25) is 0 Å². The van der Waals surface area contributed by atoms with Crippen molar-refractivity contribution in [1.82, 2.24) is 5.43 Å². The predicted octanol–water partition coefficient (Wildman–Crippen LogP) is 4.50. The lowest BCUT2D eigenvalue weighted by Gasteiger charge is -2.33. The maximum Gasteiger partial charge on any atom is 0.0729 e. The molecule has 0 saturated carbocycles. The third-order valence-corrected chi connectivity index (χ3v) is 4.77. The minimum atomic E-state index is 0.330. The van der Waals surface area contributed by atoms with Crippen LogP contribution in [0.4, 0.5) is 5.69 Å². The number of unbranched alkanes of at least 4 members (excludes halogenated alkanes) is 1. The van der Waals surface area contributed by atoms with Gasteiger partial charge < -0.3 is 9.75 Å². The van der Waals surface area contributed by atoms with Gasteiger partial charge in [-0.3, -0.25) is 0 Å². The summed E-state index contributed by atoms with van der Waals surface area (Å²) in [6.07, 6.45) is 4.60. The van der Waals surface area contributed by atoms with Gasteiger partial charge in [0.2, 0.25) is 0 Å². The van der Waals surface area contributed by atoms with Gasteiger partial charge in [-0.15, -0.1) is 0 Å². The number of methoxy groups -OCH3 is 1. The Morgan fingerprint density at radius 1 is 1.12 bits per heavy atom. The number of para-hydroxylation sites is 1. The van der Waals surface area contributed by atoms with Crippen LogP contribution in [0, 0.1) is 0 Å². The van der Waals surface area contributed by atoms with Crippen molar-refractivity contribution in [3.63, 3.8) is 0 Å². The molecule has 0 radical (unpaired) electrons. The normalized spacial score (nSPS) is 17.8. The molecule has 0 amide bonds. The minimum Gasteiger partial charge on any atom is -0.382 e. The molecule has 2 aromatic rings. The highest BCUT2D eigenvalue weighted by Crippen LogP contribution is 2.32. The molecule has 3 nitrogen and oxygen atoms in total. The Kier molecular flexibility index (Phi) is 5.89. The van der Waals surface area contributed by atoms with Crippen molar-refractivity contribution in [2.24, 2.45) is 0 Å². The van der Waals surface area contributed by atoms with Crippen molar-refractivity contribution < 1.29 is 4.74 Å². The quantitative estimate of drug-likeness (QED) is 0.774. The van der Waals surface area contributed by atoms with Crippen molar-refractivity contribution in [2.45, 2.75) is 44.7 Å². The molecule has 0 aliphatic carbocycles. The van der Waals surface area contributed by atoms with Gasteiger partial charge in [0.25, 0.3) is 0 Å². The fourth-order valence-electron chi connectivity index (χ4n) is 3.53. The molecule has 0 bridgehead atoms. The van der Waals surface area contributed by atoms with Gasteiger partial charge in [0.15, 0.2) is 0 Å². The van der Waals surface area contributed by atoms with E-state index in [-0.39, 0.29) is 0 Å². The van der Waals surface area contributed by atoms with Gasteiger partial charge in [-0.1, -0.05) is 68.3 Å². The summed E-state index contributed by atoms with van der Waals surface area (Å²) >= 11 is 0. The second kappa shape index (κ2) is 8.32. The first-order chi connectivity index (χ1) is 11.8. The van der Waals surface area contributed by atoms with Crippen LogP contribution in [-0.2, 0) is 11.2 Å². The molecule has 1 aliphatic rings. The zero-order chi connectivity index (χ0) is 16.8. The second-order valence-electron chi connectivity index (χ2n) is 6.55.